The van der Waals surface area contributed by atoms with E-state index < -0.39 is 30.1 Å². The van der Waals surface area contributed by atoms with Crippen LogP contribution in [-0.2, 0) is 19.1 Å². The van der Waals surface area contributed by atoms with E-state index in [4.69, 9.17) is 9.47 Å². The van der Waals surface area contributed by atoms with Gasteiger partial charge in [-0.3, -0.25) is 0 Å². The van der Waals surface area contributed by atoms with Crippen LogP contribution in [0.1, 0.15) is 13.8 Å². The van der Waals surface area contributed by atoms with Gasteiger partial charge in [-0.15, -0.1) is 0 Å². The molecule has 0 saturated carbocycles. The summed E-state index contributed by atoms with van der Waals surface area (Å²) in [5, 5.41) is 4.60. The number of ether oxygens (including phenoxy) is 2. The number of rotatable bonds is 4. The third-order valence-corrected chi connectivity index (χ3v) is 1.99. The second kappa shape index (κ2) is 5.34. The topological polar surface area (TPSA) is 93.7 Å². The Morgan fingerprint density at radius 1 is 1.06 bits per heavy atom. The highest BCUT2D eigenvalue weighted by Gasteiger charge is 2.43. The zero-order chi connectivity index (χ0) is 12.1. The van der Waals surface area contributed by atoms with Crippen LogP contribution >= 0.6 is 0 Å². The van der Waals surface area contributed by atoms with Crippen molar-refractivity contribution in [2.45, 2.75) is 25.9 Å². The number of hydrogen-bond donors (Lipinski definition) is 2. The van der Waals surface area contributed by atoms with Gasteiger partial charge in [0.25, 0.3) is 0 Å². The van der Waals surface area contributed by atoms with Gasteiger partial charge in [-0.1, -0.05) is 0 Å². The molecule has 0 aromatic heterocycles. The number of carbonyl (C=O) groups excluding carboxylic acids is 3. The number of amides is 2. The molecule has 0 aliphatic carbocycles. The van der Waals surface area contributed by atoms with E-state index >= 15 is 0 Å². The Morgan fingerprint density at radius 2 is 1.44 bits per heavy atom. The van der Waals surface area contributed by atoms with Crippen LogP contribution in [0, 0.1) is 0 Å². The predicted octanol–water partition coefficient (Wildman–Crippen LogP) is -0.837. The second-order valence-electron chi connectivity index (χ2n) is 3.08. The first kappa shape index (κ1) is 12.3. The first-order valence-electron chi connectivity index (χ1n) is 5.00. The molecule has 2 N–H and O–H groups in total. The van der Waals surface area contributed by atoms with Crippen molar-refractivity contribution in [3.05, 3.63) is 0 Å². The Kier molecular flexibility index (Phi) is 4.10. The third kappa shape index (κ3) is 2.62. The molecule has 2 atom stereocenters. The summed E-state index contributed by atoms with van der Waals surface area (Å²) in [5.74, 6) is -1.31. The lowest BCUT2D eigenvalue weighted by Crippen LogP contribution is -2.47. The van der Waals surface area contributed by atoms with Crippen LogP contribution in [-0.4, -0.2) is 43.3 Å². The van der Waals surface area contributed by atoms with Crippen LogP contribution in [0.15, 0.2) is 0 Å². The highest BCUT2D eigenvalue weighted by Crippen LogP contribution is 2.06. The molecule has 0 unspecified atom stereocenters. The van der Waals surface area contributed by atoms with Gasteiger partial charge in [0.2, 0.25) is 0 Å². The molecule has 0 spiro atoms. The molecule has 1 rings (SSSR count). The van der Waals surface area contributed by atoms with Crippen LogP contribution in [0.4, 0.5) is 4.79 Å². The summed E-state index contributed by atoms with van der Waals surface area (Å²) in [5.41, 5.74) is 0. The minimum Gasteiger partial charge on any atom is -0.464 e. The van der Waals surface area contributed by atoms with Crippen molar-refractivity contribution in [3.8, 4) is 0 Å². The van der Waals surface area contributed by atoms with Crippen molar-refractivity contribution in [3.63, 3.8) is 0 Å². The molecule has 90 valence electrons. The Hall–Kier alpha value is -1.79. The zero-order valence-electron chi connectivity index (χ0n) is 9.11. The maximum Gasteiger partial charge on any atom is 0.331 e. The van der Waals surface area contributed by atoms with Crippen molar-refractivity contribution in [1.82, 2.24) is 10.6 Å². The molecule has 1 aliphatic rings. The summed E-state index contributed by atoms with van der Waals surface area (Å²) in [7, 11) is 0. The van der Waals surface area contributed by atoms with Gasteiger partial charge in [-0.2, -0.15) is 0 Å². The molecule has 0 radical (unpaired) electrons. The Morgan fingerprint density at radius 3 is 1.75 bits per heavy atom. The number of hydrogen-bond acceptors (Lipinski definition) is 5. The van der Waals surface area contributed by atoms with Crippen LogP contribution in [0.25, 0.3) is 0 Å². The molecular weight excluding hydrogens is 216 g/mol. The van der Waals surface area contributed by atoms with Crippen molar-refractivity contribution in [1.29, 1.82) is 0 Å². The van der Waals surface area contributed by atoms with E-state index in [0.717, 1.165) is 0 Å². The smallest absolute Gasteiger partial charge is 0.331 e. The Bertz CT molecular complexity index is 276. The maximum atomic E-state index is 11.4. The largest absolute Gasteiger partial charge is 0.464 e. The first-order valence-corrected chi connectivity index (χ1v) is 5.00. The molecule has 0 bridgehead atoms. The van der Waals surface area contributed by atoms with E-state index in [1.165, 1.54) is 0 Å². The second-order valence-corrected chi connectivity index (χ2v) is 3.08. The van der Waals surface area contributed by atoms with Crippen LogP contribution in [0.2, 0.25) is 0 Å². The third-order valence-electron chi connectivity index (χ3n) is 1.99. The zero-order valence-corrected chi connectivity index (χ0v) is 9.11. The lowest BCUT2D eigenvalue weighted by Gasteiger charge is -2.15. The number of carbonyl (C=O) groups is 3. The van der Waals surface area contributed by atoms with Crippen LogP contribution < -0.4 is 10.6 Å². The molecular formula is C9H14N2O5. The number of urea groups is 1. The maximum absolute atomic E-state index is 11.4. The summed E-state index contributed by atoms with van der Waals surface area (Å²) in [6.45, 7) is 3.64. The molecule has 2 amide bonds. The molecule has 0 aromatic rings. The van der Waals surface area contributed by atoms with E-state index in [9.17, 15) is 14.4 Å². The van der Waals surface area contributed by atoms with Gasteiger partial charge in [-0.05, 0) is 13.8 Å². The van der Waals surface area contributed by atoms with Gasteiger partial charge in [0.1, 0.15) is 0 Å². The quantitative estimate of drug-likeness (QED) is 0.614. The molecule has 1 saturated heterocycles. The van der Waals surface area contributed by atoms with E-state index in [0.29, 0.717) is 0 Å². The summed E-state index contributed by atoms with van der Waals surface area (Å²) < 4.78 is 9.46. The van der Waals surface area contributed by atoms with Crippen molar-refractivity contribution in [2.24, 2.45) is 0 Å². The predicted molar refractivity (Wildman–Crippen MR) is 52.5 cm³/mol. The standard InChI is InChI=1S/C9H14N2O5/c1-3-15-7(12)5-6(8(13)16-4-2)11-9(14)10-5/h5-6H,3-4H2,1-2H3,(H2,10,11,14)/t5-,6+. The Balaban J connectivity index is 2.69. The van der Waals surface area contributed by atoms with Gasteiger partial charge in [0.05, 0.1) is 13.2 Å². The average Bonchev–Trinajstić information content (AvgIpc) is 2.61. The Labute approximate surface area is 92.5 Å². The summed E-state index contributed by atoms with van der Waals surface area (Å²) in [6, 6.07) is -2.63. The van der Waals surface area contributed by atoms with Crippen molar-refractivity contribution < 1.29 is 23.9 Å². The highest BCUT2D eigenvalue weighted by molar-refractivity contribution is 5.96. The van der Waals surface area contributed by atoms with E-state index in [-0.39, 0.29) is 13.2 Å². The average molecular weight is 230 g/mol. The van der Waals surface area contributed by atoms with Gasteiger partial charge in [0, 0.05) is 0 Å². The fourth-order valence-electron chi connectivity index (χ4n) is 1.34. The monoisotopic (exact) mass is 230 g/mol. The molecule has 0 aromatic carbocycles. The lowest BCUT2D eigenvalue weighted by atomic mass is 10.1. The molecule has 1 heterocycles. The lowest BCUT2D eigenvalue weighted by molar-refractivity contribution is -0.153. The van der Waals surface area contributed by atoms with Gasteiger partial charge in [-0.25, -0.2) is 14.4 Å². The van der Waals surface area contributed by atoms with Crippen LogP contribution in [0.5, 0.6) is 0 Å². The van der Waals surface area contributed by atoms with Gasteiger partial charge < -0.3 is 20.1 Å². The molecule has 16 heavy (non-hydrogen) atoms. The summed E-state index contributed by atoms with van der Waals surface area (Å²) in [4.78, 5) is 33.9. The minimum absolute atomic E-state index is 0.181. The summed E-state index contributed by atoms with van der Waals surface area (Å²) >= 11 is 0. The number of nitrogens with one attached hydrogen (secondary N) is 2. The van der Waals surface area contributed by atoms with E-state index in [1.54, 1.807) is 13.8 Å². The minimum atomic E-state index is -1.02. The SMILES string of the molecule is CCOC(=O)[C@H]1NC(=O)N[C@H]1C(=O)OCC. The van der Waals surface area contributed by atoms with E-state index in [1.807, 2.05) is 0 Å². The first-order chi connectivity index (χ1) is 7.60. The molecule has 1 fully saturated rings. The molecule has 7 heteroatoms. The number of esters is 2. The van der Waals surface area contributed by atoms with Crippen LogP contribution in [0.3, 0.4) is 0 Å². The fraction of sp³-hybridized carbons (Fsp3) is 0.667. The molecule has 7 nitrogen and oxygen atoms in total. The van der Waals surface area contributed by atoms with Gasteiger partial charge in [0.15, 0.2) is 12.1 Å². The van der Waals surface area contributed by atoms with E-state index in [2.05, 4.69) is 10.6 Å². The fourth-order valence-corrected chi connectivity index (χ4v) is 1.34. The summed E-state index contributed by atoms with van der Waals surface area (Å²) in [6.07, 6.45) is 0. The highest BCUT2D eigenvalue weighted by atomic mass is 16.5. The van der Waals surface area contributed by atoms with Crippen molar-refractivity contribution >= 4 is 18.0 Å². The molecule has 1 aliphatic heterocycles. The van der Waals surface area contributed by atoms with Gasteiger partial charge >= 0.3 is 18.0 Å². The van der Waals surface area contributed by atoms with Crippen molar-refractivity contribution in [2.75, 3.05) is 13.2 Å². The normalized spacial score (nSPS) is 23.2.